The van der Waals surface area contributed by atoms with E-state index in [2.05, 4.69) is 190 Å². The van der Waals surface area contributed by atoms with E-state index >= 15 is 0 Å². The zero-order chi connectivity index (χ0) is 37.7. The molecule has 0 aliphatic rings. The van der Waals surface area contributed by atoms with Crippen molar-refractivity contribution >= 4 is 44.5 Å². The molecule has 0 saturated carbocycles. The van der Waals surface area contributed by atoms with Crippen molar-refractivity contribution in [2.75, 3.05) is 0 Å². The van der Waals surface area contributed by atoms with E-state index in [9.17, 15) is 0 Å². The average molecular weight is 702 g/mol. The number of fused-ring (bicyclic) bond motifs is 3. The quantitative estimate of drug-likeness (QED) is 0.158. The Bertz CT molecular complexity index is 2820. The van der Waals surface area contributed by atoms with Gasteiger partial charge in [-0.25, -0.2) is 0 Å². The maximum atomic E-state index is 9.16. The summed E-state index contributed by atoms with van der Waals surface area (Å²) in [6, 6.07) is 65.8. The lowest BCUT2D eigenvalue weighted by atomic mass is 9.83. The smallest absolute Gasteiger partial charge is 0.0991 e. The first-order chi connectivity index (χ1) is 27.1. The minimum absolute atomic E-state index is 0.679. The van der Waals surface area contributed by atoms with Crippen LogP contribution in [-0.2, 0) is 0 Å². The minimum atomic E-state index is 0.679. The molecule has 9 aromatic rings. The van der Waals surface area contributed by atoms with Gasteiger partial charge in [-0.05, 0) is 107 Å². The largest absolute Gasteiger partial charge is 0.192 e. The van der Waals surface area contributed by atoms with E-state index in [1.54, 1.807) is 0 Å². The Hall–Kier alpha value is -7.27. The van der Waals surface area contributed by atoms with Gasteiger partial charge in [-0.1, -0.05) is 201 Å². The normalized spacial score (nSPS) is 10.8. The van der Waals surface area contributed by atoms with Crippen LogP contribution in [0.4, 0.5) is 0 Å². The molecular formula is C54H39N. The van der Waals surface area contributed by atoms with Crippen molar-refractivity contribution in [3.05, 3.63) is 217 Å². The second-order valence-corrected chi connectivity index (χ2v) is 13.7. The number of aryl methyl sites for hydroxylation is 1. The highest BCUT2D eigenvalue weighted by Gasteiger charge is 2.19. The molecular weight excluding hydrogens is 663 g/mol. The summed E-state index contributed by atoms with van der Waals surface area (Å²) < 4.78 is 0. The van der Waals surface area contributed by atoms with Gasteiger partial charge in [0.1, 0.15) is 0 Å². The van der Waals surface area contributed by atoms with Crippen LogP contribution in [0, 0.1) is 18.3 Å². The Morgan fingerprint density at radius 1 is 0.364 bits per heavy atom. The summed E-state index contributed by atoms with van der Waals surface area (Å²) in [7, 11) is 0. The molecule has 260 valence electrons. The van der Waals surface area contributed by atoms with Crippen LogP contribution in [0.15, 0.2) is 195 Å². The van der Waals surface area contributed by atoms with Crippen molar-refractivity contribution < 1.29 is 0 Å². The molecule has 0 aliphatic heterocycles. The second kappa shape index (κ2) is 15.4. The van der Waals surface area contributed by atoms with Crippen molar-refractivity contribution in [3.8, 4) is 50.6 Å². The van der Waals surface area contributed by atoms with Crippen LogP contribution in [0.1, 0.15) is 22.3 Å². The van der Waals surface area contributed by atoms with E-state index in [1.165, 1.54) is 76.8 Å². The molecule has 0 unspecified atom stereocenters. The lowest BCUT2D eigenvalue weighted by Gasteiger charge is -2.20. The predicted octanol–water partition coefficient (Wildman–Crippen LogP) is 15.0. The Morgan fingerprint density at radius 2 is 0.655 bits per heavy atom. The van der Waals surface area contributed by atoms with E-state index in [0.29, 0.717) is 5.56 Å². The Kier molecular flexibility index (Phi) is 9.73. The van der Waals surface area contributed by atoms with Crippen LogP contribution in [0.5, 0.6) is 0 Å². The van der Waals surface area contributed by atoms with Gasteiger partial charge in [-0.3, -0.25) is 0 Å². The summed E-state index contributed by atoms with van der Waals surface area (Å²) in [5.41, 5.74) is 13.9. The number of rotatable bonds is 6. The predicted molar refractivity (Wildman–Crippen MR) is 237 cm³/mol. The fourth-order valence-corrected chi connectivity index (χ4v) is 7.92. The molecule has 0 atom stereocenters. The molecule has 0 amide bonds. The van der Waals surface area contributed by atoms with Gasteiger partial charge in [-0.15, -0.1) is 0 Å². The van der Waals surface area contributed by atoms with Crippen LogP contribution < -0.4 is 0 Å². The molecule has 9 aromatic carbocycles. The molecule has 0 fully saturated rings. The molecule has 0 radical (unpaired) electrons. The highest BCUT2D eigenvalue weighted by Crippen LogP contribution is 2.45. The third-order valence-corrected chi connectivity index (χ3v) is 10.4. The first kappa shape index (κ1) is 34.8. The Balaban J connectivity index is 0.000000155. The maximum Gasteiger partial charge on any atom is 0.0991 e. The van der Waals surface area contributed by atoms with Crippen LogP contribution in [0.25, 0.3) is 89.0 Å². The van der Waals surface area contributed by atoms with E-state index in [4.69, 9.17) is 5.26 Å². The fourth-order valence-electron chi connectivity index (χ4n) is 7.92. The summed E-state index contributed by atoms with van der Waals surface area (Å²) in [6.45, 7) is 10.4. The highest BCUT2D eigenvalue weighted by atomic mass is 14.2. The van der Waals surface area contributed by atoms with Crippen LogP contribution in [-0.4, -0.2) is 0 Å². The third kappa shape index (κ3) is 6.52. The van der Waals surface area contributed by atoms with Crippen molar-refractivity contribution in [2.24, 2.45) is 0 Å². The molecule has 1 heteroatoms. The highest BCUT2D eigenvalue weighted by molar-refractivity contribution is 6.21. The zero-order valence-corrected chi connectivity index (χ0v) is 30.8. The number of nitrogens with zero attached hydrogens (tertiary/aromatic N) is 1. The van der Waals surface area contributed by atoms with Gasteiger partial charge in [0.05, 0.1) is 11.6 Å². The average Bonchev–Trinajstić information content (AvgIpc) is 3.26. The van der Waals surface area contributed by atoms with Crippen molar-refractivity contribution in [3.63, 3.8) is 0 Å². The lowest BCUT2D eigenvalue weighted by Crippen LogP contribution is -1.95. The number of hydrogen-bond acceptors (Lipinski definition) is 1. The summed E-state index contributed by atoms with van der Waals surface area (Å²) in [4.78, 5) is 0. The fraction of sp³-hybridized carbons (Fsp3) is 0.0185. The SMILES string of the molecule is C=Cc1c(C=C)c(-c2ccc(C)cc2)c2ccccc2c1-c1ccccc1.N#Cc1ccc(-c2c3ccccc3c(-c3ccccc3)c3ccccc23)cc1. The van der Waals surface area contributed by atoms with Gasteiger partial charge in [0, 0.05) is 0 Å². The zero-order valence-electron chi connectivity index (χ0n) is 30.8. The Labute approximate surface area is 323 Å². The minimum Gasteiger partial charge on any atom is -0.192 e. The Morgan fingerprint density at radius 3 is 1.02 bits per heavy atom. The second-order valence-electron chi connectivity index (χ2n) is 13.7. The lowest BCUT2D eigenvalue weighted by molar-refractivity contribution is 1.47. The van der Waals surface area contributed by atoms with Crippen LogP contribution >= 0.6 is 0 Å². The topological polar surface area (TPSA) is 23.8 Å². The van der Waals surface area contributed by atoms with Gasteiger partial charge in [0.2, 0.25) is 0 Å². The van der Waals surface area contributed by atoms with E-state index in [1.807, 2.05) is 30.4 Å². The molecule has 0 saturated heterocycles. The molecule has 55 heavy (non-hydrogen) atoms. The maximum absolute atomic E-state index is 9.16. The van der Waals surface area contributed by atoms with Crippen molar-refractivity contribution in [1.29, 1.82) is 5.26 Å². The van der Waals surface area contributed by atoms with Gasteiger partial charge >= 0.3 is 0 Å². The molecule has 0 N–H and O–H groups in total. The van der Waals surface area contributed by atoms with Gasteiger partial charge in [0.15, 0.2) is 0 Å². The van der Waals surface area contributed by atoms with Gasteiger partial charge < -0.3 is 0 Å². The number of nitriles is 1. The summed E-state index contributed by atoms with van der Waals surface area (Å²) in [5, 5.41) is 16.6. The molecule has 9 rings (SSSR count). The van der Waals surface area contributed by atoms with Crippen molar-refractivity contribution in [1.82, 2.24) is 0 Å². The van der Waals surface area contributed by atoms with Gasteiger partial charge in [-0.2, -0.15) is 5.26 Å². The summed E-state index contributed by atoms with van der Waals surface area (Å²) >= 11 is 0. The van der Waals surface area contributed by atoms with E-state index < -0.39 is 0 Å². The standard InChI is InChI=1S/C27H17N.C27H22/c28-18-19-14-16-21(17-15-19)27-24-12-6-4-10-22(24)26(20-8-2-1-3-9-20)23-11-5-7-13-25(23)27;1-4-22-23(5-2)27(21-17-15-19(3)16-18-21)25-14-10-9-13-24(25)26(22)20-11-7-6-8-12-20/h1-17H;4-18H,1-2H2,3H3. The van der Waals surface area contributed by atoms with Gasteiger partial charge in [0.25, 0.3) is 0 Å². The molecule has 0 spiro atoms. The van der Waals surface area contributed by atoms with E-state index in [0.717, 1.165) is 16.7 Å². The molecule has 1 nitrogen and oxygen atoms in total. The molecule has 0 aliphatic carbocycles. The van der Waals surface area contributed by atoms with E-state index in [-0.39, 0.29) is 0 Å². The first-order valence-corrected chi connectivity index (χ1v) is 18.6. The van der Waals surface area contributed by atoms with Crippen LogP contribution in [0.2, 0.25) is 0 Å². The molecule has 0 aromatic heterocycles. The monoisotopic (exact) mass is 701 g/mol. The number of benzene rings is 9. The third-order valence-electron chi connectivity index (χ3n) is 10.4. The summed E-state index contributed by atoms with van der Waals surface area (Å²) in [6.07, 6.45) is 3.93. The molecule has 0 heterocycles. The van der Waals surface area contributed by atoms with Crippen molar-refractivity contribution in [2.45, 2.75) is 6.92 Å². The number of hydrogen-bond donors (Lipinski definition) is 0. The first-order valence-electron chi connectivity index (χ1n) is 18.6. The van der Waals surface area contributed by atoms with Crippen LogP contribution in [0.3, 0.4) is 0 Å². The summed E-state index contributed by atoms with van der Waals surface area (Å²) in [5.74, 6) is 0. The molecule has 0 bridgehead atoms.